The Balaban J connectivity index is 2.26. The van der Waals surface area contributed by atoms with Crippen LogP contribution < -0.4 is 10.6 Å². The highest BCUT2D eigenvalue weighted by Crippen LogP contribution is 2.15. The smallest absolute Gasteiger partial charge is 0.291 e. The predicted molar refractivity (Wildman–Crippen MR) is 92.0 cm³/mol. The van der Waals surface area contributed by atoms with Gasteiger partial charge in [0.25, 0.3) is 17.5 Å². The number of hydrogen-bond donors (Lipinski definition) is 3. The lowest BCUT2D eigenvalue weighted by molar-refractivity contribution is -0.384. The molecule has 9 heteroatoms. The van der Waals surface area contributed by atoms with E-state index >= 15 is 0 Å². The average Bonchev–Trinajstić information content (AvgIpc) is 3.16. The van der Waals surface area contributed by atoms with Gasteiger partial charge in [0, 0.05) is 25.3 Å². The molecule has 0 radical (unpaired) electrons. The second-order valence-electron chi connectivity index (χ2n) is 5.17. The number of benzene rings is 1. The normalized spacial score (nSPS) is 11.0. The summed E-state index contributed by atoms with van der Waals surface area (Å²) in [4.78, 5) is 34.8. The average molecular weight is 359 g/mol. The first-order valence-corrected chi connectivity index (χ1v) is 7.71. The number of rotatable bonds is 8. The van der Waals surface area contributed by atoms with Crippen LogP contribution in [0, 0.1) is 10.1 Å². The van der Waals surface area contributed by atoms with Crippen molar-refractivity contribution in [2.45, 2.75) is 6.42 Å². The van der Waals surface area contributed by atoms with E-state index in [1.807, 2.05) is 0 Å². The van der Waals surface area contributed by atoms with Crippen LogP contribution in [0.1, 0.15) is 22.5 Å². The number of hydrogen-bond acceptors (Lipinski definition) is 6. The Kier molecular flexibility index (Phi) is 6.63. The second kappa shape index (κ2) is 9.14. The molecular weight excluding hydrogens is 342 g/mol. The van der Waals surface area contributed by atoms with Crippen molar-refractivity contribution in [3.05, 3.63) is 69.8 Å². The van der Waals surface area contributed by atoms with Crippen molar-refractivity contribution < 1.29 is 24.0 Å². The van der Waals surface area contributed by atoms with Crippen LogP contribution >= 0.6 is 0 Å². The van der Waals surface area contributed by atoms with Gasteiger partial charge in [0.1, 0.15) is 5.70 Å². The molecule has 0 aliphatic carbocycles. The molecule has 0 fully saturated rings. The molecule has 1 heterocycles. The van der Waals surface area contributed by atoms with E-state index in [1.165, 1.54) is 42.7 Å². The molecule has 0 aliphatic heterocycles. The predicted octanol–water partition coefficient (Wildman–Crippen LogP) is 1.46. The van der Waals surface area contributed by atoms with E-state index in [4.69, 9.17) is 9.52 Å². The van der Waals surface area contributed by atoms with Crippen LogP contribution in [0.15, 0.2) is 52.8 Å². The van der Waals surface area contributed by atoms with Crippen molar-refractivity contribution in [3.8, 4) is 0 Å². The Bertz CT molecular complexity index is 814. The molecule has 2 aromatic rings. The Labute approximate surface area is 148 Å². The summed E-state index contributed by atoms with van der Waals surface area (Å²) in [5, 5.41) is 24.6. The zero-order valence-corrected chi connectivity index (χ0v) is 13.7. The van der Waals surface area contributed by atoms with E-state index in [0.717, 1.165) is 0 Å². The highest BCUT2D eigenvalue weighted by Gasteiger charge is 2.16. The van der Waals surface area contributed by atoms with E-state index in [1.54, 1.807) is 6.07 Å². The minimum atomic E-state index is -0.635. The lowest BCUT2D eigenvalue weighted by Gasteiger charge is -2.10. The number of nitrogens with one attached hydrogen (secondary N) is 2. The van der Waals surface area contributed by atoms with Crippen LogP contribution in [0.5, 0.6) is 0 Å². The van der Waals surface area contributed by atoms with Gasteiger partial charge in [-0.15, -0.1) is 0 Å². The minimum absolute atomic E-state index is 0.0121. The lowest BCUT2D eigenvalue weighted by Crippen LogP contribution is -2.35. The molecule has 0 aliphatic rings. The molecule has 0 saturated heterocycles. The summed E-state index contributed by atoms with van der Waals surface area (Å²) in [6.07, 6.45) is 2.99. The Morgan fingerprint density at radius 3 is 2.73 bits per heavy atom. The van der Waals surface area contributed by atoms with Crippen molar-refractivity contribution in [1.82, 2.24) is 10.6 Å². The van der Waals surface area contributed by atoms with Crippen molar-refractivity contribution in [3.63, 3.8) is 0 Å². The first-order valence-electron chi connectivity index (χ1n) is 7.71. The maximum absolute atomic E-state index is 12.3. The van der Waals surface area contributed by atoms with Gasteiger partial charge in [-0.1, -0.05) is 12.1 Å². The number of nitro groups is 1. The highest BCUT2D eigenvalue weighted by atomic mass is 16.6. The maximum atomic E-state index is 12.3. The number of non-ortho nitro benzene ring substituents is 1. The molecule has 0 spiro atoms. The molecule has 1 aromatic heterocycles. The van der Waals surface area contributed by atoms with Gasteiger partial charge in [-0.3, -0.25) is 19.7 Å². The zero-order chi connectivity index (χ0) is 18.9. The summed E-state index contributed by atoms with van der Waals surface area (Å²) < 4.78 is 4.98. The van der Waals surface area contributed by atoms with E-state index in [-0.39, 0.29) is 30.3 Å². The summed E-state index contributed by atoms with van der Waals surface area (Å²) in [6, 6.07) is 8.59. The molecule has 0 bridgehead atoms. The van der Waals surface area contributed by atoms with Gasteiger partial charge in [-0.25, -0.2) is 0 Å². The summed E-state index contributed by atoms with van der Waals surface area (Å²) in [5.74, 6) is -1.22. The first kappa shape index (κ1) is 18.9. The van der Waals surface area contributed by atoms with Crippen molar-refractivity contribution in [2.75, 3.05) is 13.2 Å². The molecule has 0 saturated carbocycles. The lowest BCUT2D eigenvalue weighted by atomic mass is 10.1. The van der Waals surface area contributed by atoms with Gasteiger partial charge < -0.3 is 20.2 Å². The standard InChI is InChI=1S/C17H17N3O6/c21-8-3-7-18-16(22)14(19-17(23)15-6-2-9-26-15)11-12-4-1-5-13(10-12)20(24)25/h1-2,4-6,9-11,21H,3,7-8H2,(H,18,22)(H,19,23). The molecule has 0 atom stereocenters. The van der Waals surface area contributed by atoms with Gasteiger partial charge in [0.2, 0.25) is 0 Å². The largest absolute Gasteiger partial charge is 0.459 e. The third kappa shape index (κ3) is 5.28. The number of furan rings is 1. The topological polar surface area (TPSA) is 135 Å². The number of carbonyl (C=O) groups excluding carboxylic acids is 2. The van der Waals surface area contributed by atoms with Crippen molar-refractivity contribution >= 4 is 23.6 Å². The van der Waals surface area contributed by atoms with Crippen molar-refractivity contribution in [2.24, 2.45) is 0 Å². The number of nitro benzene ring substituents is 1. The monoisotopic (exact) mass is 359 g/mol. The third-order valence-corrected chi connectivity index (χ3v) is 3.25. The second-order valence-corrected chi connectivity index (χ2v) is 5.17. The number of aliphatic hydroxyl groups is 1. The van der Waals surface area contributed by atoms with Crippen LogP contribution in [0.2, 0.25) is 0 Å². The molecule has 2 rings (SSSR count). The minimum Gasteiger partial charge on any atom is -0.459 e. The molecule has 0 unspecified atom stereocenters. The van der Waals surface area contributed by atoms with E-state index in [2.05, 4.69) is 10.6 Å². The number of carbonyl (C=O) groups is 2. The fourth-order valence-corrected chi connectivity index (χ4v) is 2.02. The van der Waals surface area contributed by atoms with Gasteiger partial charge in [-0.05, 0) is 30.2 Å². The Hall–Kier alpha value is -3.46. The summed E-state index contributed by atoms with van der Waals surface area (Å²) in [6.45, 7) is 0.112. The molecule has 26 heavy (non-hydrogen) atoms. The molecule has 3 N–H and O–H groups in total. The van der Waals surface area contributed by atoms with E-state index in [0.29, 0.717) is 12.0 Å². The van der Waals surface area contributed by atoms with Gasteiger partial charge in [0.15, 0.2) is 5.76 Å². The summed E-state index contributed by atoms with van der Waals surface area (Å²) in [5.41, 5.74) is 0.118. The summed E-state index contributed by atoms with van der Waals surface area (Å²) in [7, 11) is 0. The van der Waals surface area contributed by atoms with Crippen LogP contribution in [0.4, 0.5) is 5.69 Å². The Morgan fingerprint density at radius 1 is 1.27 bits per heavy atom. The fourth-order valence-electron chi connectivity index (χ4n) is 2.02. The number of nitrogens with zero attached hydrogens (tertiary/aromatic N) is 1. The zero-order valence-electron chi connectivity index (χ0n) is 13.7. The van der Waals surface area contributed by atoms with Gasteiger partial charge in [-0.2, -0.15) is 0 Å². The number of aliphatic hydroxyl groups excluding tert-OH is 1. The summed E-state index contributed by atoms with van der Waals surface area (Å²) >= 11 is 0. The van der Waals surface area contributed by atoms with Gasteiger partial charge >= 0.3 is 0 Å². The van der Waals surface area contributed by atoms with Crippen molar-refractivity contribution in [1.29, 1.82) is 0 Å². The molecule has 9 nitrogen and oxygen atoms in total. The van der Waals surface area contributed by atoms with E-state index in [9.17, 15) is 19.7 Å². The molecule has 2 amide bonds. The molecule has 1 aromatic carbocycles. The third-order valence-electron chi connectivity index (χ3n) is 3.25. The van der Waals surface area contributed by atoms with Crippen LogP contribution in [0.25, 0.3) is 6.08 Å². The van der Waals surface area contributed by atoms with Crippen LogP contribution in [-0.4, -0.2) is 35.0 Å². The van der Waals surface area contributed by atoms with Crippen LogP contribution in [-0.2, 0) is 4.79 Å². The highest BCUT2D eigenvalue weighted by molar-refractivity contribution is 6.04. The fraction of sp³-hybridized carbons (Fsp3) is 0.176. The molecule has 136 valence electrons. The number of amides is 2. The van der Waals surface area contributed by atoms with Gasteiger partial charge in [0.05, 0.1) is 11.2 Å². The SMILES string of the molecule is O=C(NCCCO)C(=Cc1cccc([N+](=O)[O-])c1)NC(=O)c1ccco1. The Morgan fingerprint density at radius 2 is 2.08 bits per heavy atom. The molecular formula is C17H17N3O6. The quantitative estimate of drug-likeness (QED) is 0.283. The van der Waals surface area contributed by atoms with Crippen LogP contribution in [0.3, 0.4) is 0 Å². The first-order chi connectivity index (χ1) is 12.5. The van der Waals surface area contributed by atoms with E-state index < -0.39 is 16.7 Å². The maximum Gasteiger partial charge on any atom is 0.291 e.